The van der Waals surface area contributed by atoms with Gasteiger partial charge in [-0.2, -0.15) is 0 Å². The molecule has 0 bridgehead atoms. The number of carbonyl (C=O) groups is 1. The van der Waals surface area contributed by atoms with Crippen LogP contribution in [0.25, 0.3) is 0 Å². The van der Waals surface area contributed by atoms with Crippen molar-refractivity contribution in [3.05, 3.63) is 30.1 Å². The Bertz CT molecular complexity index is 310. The predicted molar refractivity (Wildman–Crippen MR) is 49.2 cm³/mol. The molecule has 68 valence electrons. The van der Waals surface area contributed by atoms with Crippen molar-refractivity contribution < 1.29 is 4.79 Å². The Morgan fingerprint density at radius 3 is 2.92 bits per heavy atom. The van der Waals surface area contributed by atoms with Crippen molar-refractivity contribution in [1.29, 1.82) is 0 Å². The van der Waals surface area contributed by atoms with E-state index in [0.29, 0.717) is 0 Å². The van der Waals surface area contributed by atoms with Gasteiger partial charge in [0.05, 0.1) is 11.6 Å². The Morgan fingerprint density at radius 1 is 1.54 bits per heavy atom. The van der Waals surface area contributed by atoms with Crippen LogP contribution in [0.3, 0.4) is 0 Å². The minimum absolute atomic E-state index is 0.00815. The van der Waals surface area contributed by atoms with Crippen molar-refractivity contribution >= 4 is 5.91 Å². The molecule has 0 saturated carbocycles. The van der Waals surface area contributed by atoms with Crippen LogP contribution in [-0.4, -0.2) is 29.4 Å². The molecule has 0 aromatic carbocycles. The zero-order valence-electron chi connectivity index (χ0n) is 7.60. The highest BCUT2D eigenvalue weighted by Crippen LogP contribution is 2.25. The summed E-state index contributed by atoms with van der Waals surface area (Å²) in [7, 11) is 1.84. The van der Waals surface area contributed by atoms with E-state index in [1.54, 1.807) is 11.1 Å². The number of amides is 1. The highest BCUT2D eigenvalue weighted by atomic mass is 16.2. The van der Waals surface area contributed by atoms with E-state index in [1.165, 1.54) is 0 Å². The Labute approximate surface area is 77.4 Å². The molecule has 1 fully saturated rings. The fraction of sp³-hybridized carbons (Fsp3) is 0.400. The second kappa shape index (κ2) is 3.17. The summed E-state index contributed by atoms with van der Waals surface area (Å²) in [5.41, 5.74) is 0.900. The zero-order valence-corrected chi connectivity index (χ0v) is 7.60. The standard InChI is InChI=1S/C10H12N2O/c1-12-7-5-8(10(12)13)9-4-2-3-6-11-9/h2-4,6,8H,5,7H2,1H3. The molecule has 1 atom stereocenters. The van der Waals surface area contributed by atoms with Gasteiger partial charge in [-0.1, -0.05) is 6.07 Å². The number of hydrogen-bond acceptors (Lipinski definition) is 2. The van der Waals surface area contributed by atoms with Crippen LogP contribution >= 0.6 is 0 Å². The van der Waals surface area contributed by atoms with E-state index >= 15 is 0 Å². The van der Waals surface area contributed by atoms with Crippen LogP contribution in [0, 0.1) is 0 Å². The van der Waals surface area contributed by atoms with Crippen LogP contribution in [-0.2, 0) is 4.79 Å². The molecule has 1 amide bonds. The number of carbonyl (C=O) groups excluding carboxylic acids is 1. The topological polar surface area (TPSA) is 33.2 Å². The highest BCUT2D eigenvalue weighted by molar-refractivity contribution is 5.84. The number of likely N-dealkylation sites (tertiary alicyclic amines) is 1. The first kappa shape index (κ1) is 8.23. The monoisotopic (exact) mass is 176 g/mol. The second-order valence-corrected chi connectivity index (χ2v) is 3.36. The van der Waals surface area contributed by atoms with E-state index < -0.39 is 0 Å². The number of hydrogen-bond donors (Lipinski definition) is 0. The normalized spacial score (nSPS) is 22.4. The number of rotatable bonds is 1. The molecule has 1 saturated heterocycles. The van der Waals surface area contributed by atoms with Gasteiger partial charge < -0.3 is 4.90 Å². The lowest BCUT2D eigenvalue weighted by molar-refractivity contribution is -0.127. The molecular formula is C10H12N2O. The van der Waals surface area contributed by atoms with Gasteiger partial charge in [0.15, 0.2) is 0 Å². The third-order valence-electron chi connectivity index (χ3n) is 2.47. The lowest BCUT2D eigenvalue weighted by atomic mass is 10.0. The minimum Gasteiger partial charge on any atom is -0.345 e. The smallest absolute Gasteiger partial charge is 0.231 e. The van der Waals surface area contributed by atoms with Crippen LogP contribution in [0.2, 0.25) is 0 Å². The number of pyridine rings is 1. The van der Waals surface area contributed by atoms with Crippen molar-refractivity contribution in [2.24, 2.45) is 0 Å². The predicted octanol–water partition coefficient (Wildman–Crippen LogP) is 1.03. The van der Waals surface area contributed by atoms with Gasteiger partial charge in [0.2, 0.25) is 5.91 Å². The molecule has 0 radical (unpaired) electrons. The summed E-state index contributed by atoms with van der Waals surface area (Å²) in [6.07, 6.45) is 2.63. The zero-order chi connectivity index (χ0) is 9.26. The summed E-state index contributed by atoms with van der Waals surface area (Å²) in [5.74, 6) is 0.185. The largest absolute Gasteiger partial charge is 0.345 e. The molecule has 0 aliphatic carbocycles. The molecule has 1 unspecified atom stereocenters. The fourth-order valence-electron chi connectivity index (χ4n) is 1.68. The molecule has 3 nitrogen and oxygen atoms in total. The van der Waals surface area contributed by atoms with Gasteiger partial charge in [-0.25, -0.2) is 0 Å². The van der Waals surface area contributed by atoms with Crippen LogP contribution in [0.5, 0.6) is 0 Å². The maximum Gasteiger partial charge on any atom is 0.231 e. The summed E-state index contributed by atoms with van der Waals surface area (Å²) in [6, 6.07) is 5.71. The van der Waals surface area contributed by atoms with Gasteiger partial charge in [0, 0.05) is 19.8 Å². The first-order valence-electron chi connectivity index (χ1n) is 4.45. The van der Waals surface area contributed by atoms with E-state index in [9.17, 15) is 4.79 Å². The molecule has 1 aliphatic rings. The molecule has 1 aliphatic heterocycles. The van der Waals surface area contributed by atoms with E-state index in [4.69, 9.17) is 0 Å². The maximum absolute atomic E-state index is 11.6. The molecule has 13 heavy (non-hydrogen) atoms. The summed E-state index contributed by atoms with van der Waals surface area (Å²) >= 11 is 0. The Morgan fingerprint density at radius 2 is 2.38 bits per heavy atom. The summed E-state index contributed by atoms with van der Waals surface area (Å²) in [5, 5.41) is 0. The van der Waals surface area contributed by atoms with Gasteiger partial charge in [0.1, 0.15) is 0 Å². The summed E-state index contributed by atoms with van der Waals surface area (Å²) in [4.78, 5) is 17.6. The quantitative estimate of drug-likeness (QED) is 0.640. The first-order valence-corrected chi connectivity index (χ1v) is 4.45. The van der Waals surface area contributed by atoms with E-state index in [-0.39, 0.29) is 11.8 Å². The molecule has 2 heterocycles. The van der Waals surface area contributed by atoms with Crippen LogP contribution in [0.15, 0.2) is 24.4 Å². The molecule has 0 N–H and O–H groups in total. The average molecular weight is 176 g/mol. The summed E-state index contributed by atoms with van der Waals surface area (Å²) < 4.78 is 0. The number of aromatic nitrogens is 1. The lowest BCUT2D eigenvalue weighted by Gasteiger charge is -2.08. The number of nitrogens with zero attached hydrogens (tertiary/aromatic N) is 2. The highest BCUT2D eigenvalue weighted by Gasteiger charge is 2.30. The van der Waals surface area contributed by atoms with Crippen molar-refractivity contribution in [2.75, 3.05) is 13.6 Å². The van der Waals surface area contributed by atoms with E-state index in [1.807, 2.05) is 25.2 Å². The van der Waals surface area contributed by atoms with Crippen molar-refractivity contribution in [1.82, 2.24) is 9.88 Å². The molecule has 2 rings (SSSR count). The molecule has 3 heteroatoms. The van der Waals surface area contributed by atoms with Crippen molar-refractivity contribution in [3.63, 3.8) is 0 Å². The molecule has 1 aromatic rings. The van der Waals surface area contributed by atoms with E-state index in [2.05, 4.69) is 4.98 Å². The van der Waals surface area contributed by atoms with Crippen LogP contribution < -0.4 is 0 Å². The first-order chi connectivity index (χ1) is 6.29. The molecule has 0 spiro atoms. The van der Waals surface area contributed by atoms with Crippen molar-refractivity contribution in [2.45, 2.75) is 12.3 Å². The van der Waals surface area contributed by atoms with Gasteiger partial charge in [-0.05, 0) is 18.6 Å². The Kier molecular flexibility index (Phi) is 2.00. The minimum atomic E-state index is -0.00815. The Hall–Kier alpha value is -1.38. The van der Waals surface area contributed by atoms with Crippen LogP contribution in [0.1, 0.15) is 18.0 Å². The Balaban J connectivity index is 2.24. The summed E-state index contributed by atoms with van der Waals surface area (Å²) in [6.45, 7) is 0.847. The average Bonchev–Trinajstić information content (AvgIpc) is 2.49. The third kappa shape index (κ3) is 1.41. The maximum atomic E-state index is 11.6. The van der Waals surface area contributed by atoms with Crippen molar-refractivity contribution in [3.8, 4) is 0 Å². The fourth-order valence-corrected chi connectivity index (χ4v) is 1.68. The van der Waals surface area contributed by atoms with E-state index in [0.717, 1.165) is 18.7 Å². The van der Waals surface area contributed by atoms with Gasteiger partial charge in [-0.15, -0.1) is 0 Å². The third-order valence-corrected chi connectivity index (χ3v) is 2.47. The number of likely N-dealkylation sites (N-methyl/N-ethyl adjacent to an activating group) is 1. The second-order valence-electron chi connectivity index (χ2n) is 3.36. The van der Waals surface area contributed by atoms with Gasteiger partial charge in [-0.3, -0.25) is 9.78 Å². The van der Waals surface area contributed by atoms with Gasteiger partial charge in [0.25, 0.3) is 0 Å². The molecule has 1 aromatic heterocycles. The molecular weight excluding hydrogens is 164 g/mol. The van der Waals surface area contributed by atoms with Crippen LogP contribution in [0.4, 0.5) is 0 Å². The van der Waals surface area contributed by atoms with Gasteiger partial charge >= 0.3 is 0 Å². The lowest BCUT2D eigenvalue weighted by Crippen LogP contribution is -2.21. The SMILES string of the molecule is CN1CCC(c2ccccn2)C1=O.